The minimum Gasteiger partial charge on any atom is -0.314 e. The lowest BCUT2D eigenvalue weighted by atomic mass is 9.76. The highest BCUT2D eigenvalue weighted by atomic mass is 15.2. The first-order valence-electron chi connectivity index (χ1n) is 9.10. The van der Waals surface area contributed by atoms with E-state index in [4.69, 9.17) is 0 Å². The second kappa shape index (κ2) is 7.94. The summed E-state index contributed by atoms with van der Waals surface area (Å²) in [6, 6.07) is 0.820. The second-order valence-electron chi connectivity index (χ2n) is 8.30. The van der Waals surface area contributed by atoms with E-state index in [0.717, 1.165) is 12.0 Å². The Bertz CT molecular complexity index is 291. The van der Waals surface area contributed by atoms with Gasteiger partial charge in [-0.3, -0.25) is 4.90 Å². The van der Waals surface area contributed by atoms with Gasteiger partial charge < -0.3 is 10.2 Å². The molecule has 21 heavy (non-hydrogen) atoms. The van der Waals surface area contributed by atoms with E-state index >= 15 is 0 Å². The van der Waals surface area contributed by atoms with Gasteiger partial charge in [-0.15, -0.1) is 0 Å². The monoisotopic (exact) mass is 295 g/mol. The van der Waals surface area contributed by atoms with Crippen molar-refractivity contribution in [3.63, 3.8) is 0 Å². The molecule has 0 aromatic heterocycles. The molecule has 124 valence electrons. The molecule has 3 heteroatoms. The van der Waals surface area contributed by atoms with Crippen LogP contribution in [0.3, 0.4) is 0 Å². The number of nitrogens with one attached hydrogen (secondary N) is 1. The van der Waals surface area contributed by atoms with Crippen molar-refractivity contribution in [2.75, 3.05) is 46.3 Å². The van der Waals surface area contributed by atoms with Gasteiger partial charge in [0.25, 0.3) is 0 Å². The molecule has 0 aromatic carbocycles. The summed E-state index contributed by atoms with van der Waals surface area (Å²) in [6.07, 6.45) is 7.09. The van der Waals surface area contributed by atoms with E-state index in [1.54, 1.807) is 0 Å². The predicted octanol–water partition coefficient (Wildman–Crippen LogP) is 2.82. The lowest BCUT2D eigenvalue weighted by molar-refractivity contribution is 0.162. The molecule has 2 rings (SSSR count). The molecule has 1 aliphatic heterocycles. The maximum atomic E-state index is 3.44. The van der Waals surface area contributed by atoms with Crippen molar-refractivity contribution in [1.29, 1.82) is 0 Å². The summed E-state index contributed by atoms with van der Waals surface area (Å²) in [7, 11) is 2.35. The van der Waals surface area contributed by atoms with Gasteiger partial charge in [0.2, 0.25) is 0 Å². The van der Waals surface area contributed by atoms with Crippen LogP contribution in [-0.4, -0.2) is 62.2 Å². The molecule has 0 amide bonds. The molecule has 1 saturated heterocycles. The van der Waals surface area contributed by atoms with Crippen molar-refractivity contribution in [2.24, 2.45) is 11.3 Å². The molecular formula is C18H37N3. The van der Waals surface area contributed by atoms with Crippen LogP contribution in [0.1, 0.15) is 52.9 Å². The normalized spacial score (nSPS) is 29.6. The largest absolute Gasteiger partial charge is 0.314 e. The molecule has 2 atom stereocenters. The second-order valence-corrected chi connectivity index (χ2v) is 8.30. The predicted molar refractivity (Wildman–Crippen MR) is 91.8 cm³/mol. The molecule has 2 unspecified atom stereocenters. The molecule has 1 aliphatic carbocycles. The first-order chi connectivity index (χ1) is 9.97. The van der Waals surface area contributed by atoms with Gasteiger partial charge in [0.1, 0.15) is 0 Å². The summed E-state index contributed by atoms with van der Waals surface area (Å²) in [6.45, 7) is 14.5. The summed E-state index contributed by atoms with van der Waals surface area (Å²) >= 11 is 0. The number of nitrogens with zero attached hydrogens (tertiary/aromatic N) is 2. The van der Waals surface area contributed by atoms with E-state index in [9.17, 15) is 0 Å². The third-order valence-corrected chi connectivity index (χ3v) is 5.76. The molecule has 2 aliphatic rings. The topological polar surface area (TPSA) is 18.5 Å². The molecule has 0 spiro atoms. The molecular weight excluding hydrogens is 258 g/mol. The maximum Gasteiger partial charge on any atom is 0.0110 e. The van der Waals surface area contributed by atoms with Crippen molar-refractivity contribution in [2.45, 2.75) is 58.9 Å². The fourth-order valence-corrected chi connectivity index (χ4v) is 4.01. The van der Waals surface area contributed by atoms with Crippen LogP contribution in [0.2, 0.25) is 0 Å². The number of rotatable bonds is 4. The Balaban J connectivity index is 1.73. The number of likely N-dealkylation sites (N-methyl/N-ethyl adjacent to an activating group) is 1. The Kier molecular flexibility index (Phi) is 6.51. The minimum atomic E-state index is 0.494. The van der Waals surface area contributed by atoms with E-state index < -0.39 is 0 Å². The van der Waals surface area contributed by atoms with Crippen LogP contribution in [0.15, 0.2) is 0 Å². The third kappa shape index (κ3) is 5.54. The first-order valence-corrected chi connectivity index (χ1v) is 9.10. The van der Waals surface area contributed by atoms with Gasteiger partial charge in [0.05, 0.1) is 0 Å². The van der Waals surface area contributed by atoms with Crippen LogP contribution in [0, 0.1) is 11.3 Å². The van der Waals surface area contributed by atoms with Crippen molar-refractivity contribution in [1.82, 2.24) is 15.1 Å². The van der Waals surface area contributed by atoms with Gasteiger partial charge in [0, 0.05) is 45.3 Å². The smallest absolute Gasteiger partial charge is 0.0110 e. The fraction of sp³-hybridized carbons (Fsp3) is 1.00. The van der Waals surface area contributed by atoms with E-state index in [1.807, 2.05) is 0 Å². The van der Waals surface area contributed by atoms with Crippen molar-refractivity contribution >= 4 is 0 Å². The van der Waals surface area contributed by atoms with Gasteiger partial charge in [-0.05, 0) is 44.1 Å². The summed E-state index contributed by atoms with van der Waals surface area (Å²) in [5.41, 5.74) is 0.494. The van der Waals surface area contributed by atoms with Gasteiger partial charge in [-0.1, -0.05) is 27.2 Å². The zero-order chi connectivity index (χ0) is 15.3. The van der Waals surface area contributed by atoms with Crippen LogP contribution in [-0.2, 0) is 0 Å². The van der Waals surface area contributed by atoms with Crippen LogP contribution in [0.5, 0.6) is 0 Å². The standard InChI is InChI=1S/C18H37N3/c1-18(2,3)16-6-5-7-17(9-8-16)20(4)14-15-21-12-10-19-11-13-21/h16-17,19H,5-15H2,1-4H3. The average Bonchev–Trinajstić information content (AvgIpc) is 2.71. The molecule has 0 bridgehead atoms. The lowest BCUT2D eigenvalue weighted by Gasteiger charge is -2.33. The molecule has 1 saturated carbocycles. The molecule has 1 N–H and O–H groups in total. The number of piperazine rings is 1. The Hall–Kier alpha value is -0.120. The van der Waals surface area contributed by atoms with E-state index in [-0.39, 0.29) is 0 Å². The highest BCUT2D eigenvalue weighted by molar-refractivity contribution is 4.82. The Morgan fingerprint density at radius 2 is 1.76 bits per heavy atom. The molecule has 2 fully saturated rings. The van der Waals surface area contributed by atoms with E-state index in [0.29, 0.717) is 5.41 Å². The van der Waals surface area contributed by atoms with Crippen LogP contribution in [0.4, 0.5) is 0 Å². The fourth-order valence-electron chi connectivity index (χ4n) is 4.01. The van der Waals surface area contributed by atoms with Crippen molar-refractivity contribution < 1.29 is 0 Å². The zero-order valence-corrected chi connectivity index (χ0v) is 14.8. The zero-order valence-electron chi connectivity index (χ0n) is 14.8. The van der Waals surface area contributed by atoms with Crippen LogP contribution in [0.25, 0.3) is 0 Å². The van der Waals surface area contributed by atoms with Crippen molar-refractivity contribution in [3.05, 3.63) is 0 Å². The summed E-state index contributed by atoms with van der Waals surface area (Å²) in [5, 5.41) is 3.44. The van der Waals surface area contributed by atoms with Gasteiger partial charge >= 0.3 is 0 Å². The molecule has 1 heterocycles. The Labute approximate surface area is 132 Å². The van der Waals surface area contributed by atoms with Crippen molar-refractivity contribution in [3.8, 4) is 0 Å². The number of hydrogen-bond donors (Lipinski definition) is 1. The van der Waals surface area contributed by atoms with Gasteiger partial charge in [0.15, 0.2) is 0 Å². The summed E-state index contributed by atoms with van der Waals surface area (Å²) in [5.74, 6) is 0.920. The van der Waals surface area contributed by atoms with Crippen LogP contribution < -0.4 is 5.32 Å². The quantitative estimate of drug-likeness (QED) is 0.805. The minimum absolute atomic E-state index is 0.494. The SMILES string of the molecule is CN(CCN1CCNCC1)C1CCCC(C(C)(C)C)CC1. The Morgan fingerprint density at radius 1 is 1.05 bits per heavy atom. The highest BCUT2D eigenvalue weighted by Crippen LogP contribution is 2.37. The Morgan fingerprint density at radius 3 is 2.43 bits per heavy atom. The maximum absolute atomic E-state index is 3.44. The van der Waals surface area contributed by atoms with Gasteiger partial charge in [-0.2, -0.15) is 0 Å². The highest BCUT2D eigenvalue weighted by Gasteiger charge is 2.29. The number of hydrogen-bond acceptors (Lipinski definition) is 3. The van der Waals surface area contributed by atoms with Gasteiger partial charge in [-0.25, -0.2) is 0 Å². The third-order valence-electron chi connectivity index (χ3n) is 5.76. The van der Waals surface area contributed by atoms with E-state index in [2.05, 4.69) is 42.9 Å². The molecule has 0 radical (unpaired) electrons. The molecule has 0 aromatic rings. The first kappa shape index (κ1) is 17.2. The average molecular weight is 296 g/mol. The lowest BCUT2D eigenvalue weighted by Crippen LogP contribution is -2.47. The molecule has 3 nitrogen and oxygen atoms in total. The summed E-state index contributed by atoms with van der Waals surface area (Å²) < 4.78 is 0. The van der Waals surface area contributed by atoms with Crippen LogP contribution >= 0.6 is 0 Å². The summed E-state index contributed by atoms with van der Waals surface area (Å²) in [4.78, 5) is 5.26. The van der Waals surface area contributed by atoms with E-state index in [1.165, 1.54) is 71.4 Å².